The second kappa shape index (κ2) is 11.9. The number of nitrogens with zero attached hydrogens (tertiary/aromatic N) is 3. The van der Waals surface area contributed by atoms with Crippen LogP contribution in [0.4, 0.5) is 4.39 Å². The highest BCUT2D eigenvalue weighted by molar-refractivity contribution is 5.83. The predicted molar refractivity (Wildman–Crippen MR) is 136 cm³/mol. The number of hydrazine groups is 1. The zero-order valence-electron chi connectivity index (χ0n) is 19.6. The third-order valence-corrected chi connectivity index (χ3v) is 5.61. The summed E-state index contributed by atoms with van der Waals surface area (Å²) >= 11 is 0. The lowest BCUT2D eigenvalue weighted by molar-refractivity contribution is 0.301. The lowest BCUT2D eigenvalue weighted by Crippen LogP contribution is -2.36. The Bertz CT molecular complexity index is 1160. The molecule has 3 aromatic rings. The minimum Gasteiger partial charge on any atom is -0.361 e. The second-order valence-electron chi connectivity index (χ2n) is 7.83. The molecule has 3 rings (SSSR count). The summed E-state index contributed by atoms with van der Waals surface area (Å²) in [6.07, 6.45) is 13.9. The normalized spacial score (nSPS) is 13.6. The number of rotatable bonds is 11. The molecule has 5 nitrogen and oxygen atoms in total. The van der Waals surface area contributed by atoms with Gasteiger partial charge in [0, 0.05) is 53.5 Å². The van der Waals surface area contributed by atoms with Crippen LogP contribution in [0.2, 0.25) is 0 Å². The molecule has 0 amide bonds. The van der Waals surface area contributed by atoms with Gasteiger partial charge in [0.25, 0.3) is 0 Å². The summed E-state index contributed by atoms with van der Waals surface area (Å²) in [5.74, 6) is -0.0821. The van der Waals surface area contributed by atoms with Crippen LogP contribution in [0.1, 0.15) is 38.3 Å². The predicted octanol–water partition coefficient (Wildman–Crippen LogP) is 6.26. The van der Waals surface area contributed by atoms with Crippen LogP contribution in [0.3, 0.4) is 0 Å². The van der Waals surface area contributed by atoms with E-state index in [0.717, 1.165) is 24.1 Å². The van der Waals surface area contributed by atoms with Gasteiger partial charge in [-0.2, -0.15) is 0 Å². The molecule has 0 spiro atoms. The van der Waals surface area contributed by atoms with E-state index in [0.29, 0.717) is 23.7 Å². The molecule has 1 atom stereocenters. The van der Waals surface area contributed by atoms with Gasteiger partial charge in [0.05, 0.1) is 11.9 Å². The van der Waals surface area contributed by atoms with E-state index < -0.39 is 5.82 Å². The van der Waals surface area contributed by atoms with Gasteiger partial charge < -0.3 is 4.98 Å². The van der Waals surface area contributed by atoms with Gasteiger partial charge in [-0.15, -0.1) is 0 Å². The minimum absolute atomic E-state index is 0.321. The topological polar surface area (TPSA) is 56.3 Å². The van der Waals surface area contributed by atoms with Crippen molar-refractivity contribution in [3.05, 3.63) is 96.5 Å². The molecule has 2 aromatic heterocycles. The van der Waals surface area contributed by atoms with Gasteiger partial charge in [-0.3, -0.25) is 15.0 Å². The monoisotopic (exact) mass is 445 g/mol. The highest BCUT2D eigenvalue weighted by Gasteiger charge is 2.15. The molecule has 33 heavy (non-hydrogen) atoms. The molecule has 2 N–H and O–H groups in total. The first kappa shape index (κ1) is 24.1. The van der Waals surface area contributed by atoms with Crippen LogP contribution in [0.25, 0.3) is 16.6 Å². The fraction of sp³-hybridized carbons (Fsp3) is 0.259. The van der Waals surface area contributed by atoms with E-state index in [1.54, 1.807) is 18.5 Å². The molecular formula is C27H32FN5. The van der Waals surface area contributed by atoms with Crippen LogP contribution in [0.15, 0.2) is 84.5 Å². The number of hydrogen-bond donors (Lipinski definition) is 2. The molecule has 1 unspecified atom stereocenters. The van der Waals surface area contributed by atoms with Crippen LogP contribution in [0, 0.1) is 11.7 Å². The third-order valence-electron chi connectivity index (χ3n) is 5.61. The summed E-state index contributed by atoms with van der Waals surface area (Å²) in [6.45, 7) is 10.8. The molecule has 0 radical (unpaired) electrons. The van der Waals surface area contributed by atoms with Crippen molar-refractivity contribution in [2.45, 2.75) is 33.6 Å². The summed E-state index contributed by atoms with van der Waals surface area (Å²) in [4.78, 5) is 11.8. The fourth-order valence-corrected chi connectivity index (χ4v) is 3.72. The lowest BCUT2D eigenvalue weighted by atomic mass is 10.0. The van der Waals surface area contributed by atoms with E-state index in [2.05, 4.69) is 71.3 Å². The van der Waals surface area contributed by atoms with Crippen molar-refractivity contribution in [3.8, 4) is 0 Å². The Hall–Kier alpha value is -3.51. The maximum atomic E-state index is 13.9. The molecule has 0 bridgehead atoms. The summed E-state index contributed by atoms with van der Waals surface area (Å²) in [5.41, 5.74) is 8.23. The van der Waals surface area contributed by atoms with E-state index in [1.807, 2.05) is 24.2 Å². The Balaban J connectivity index is 1.90. The molecule has 0 aliphatic rings. The summed E-state index contributed by atoms with van der Waals surface area (Å²) in [5, 5.41) is 3.24. The molecule has 0 saturated carbocycles. The highest BCUT2D eigenvalue weighted by atomic mass is 19.1. The Morgan fingerprint density at radius 2 is 2.15 bits per heavy atom. The smallest absolute Gasteiger partial charge is 0.142 e. The third kappa shape index (κ3) is 6.26. The van der Waals surface area contributed by atoms with Crippen molar-refractivity contribution in [1.82, 2.24) is 20.4 Å². The summed E-state index contributed by atoms with van der Waals surface area (Å²) < 4.78 is 13.9. The van der Waals surface area contributed by atoms with E-state index in [-0.39, 0.29) is 0 Å². The minimum atomic E-state index is -0.403. The SMILES string of the molecule is C=C/C=N\C(=C/N(NCCc1c[nH]c2ccccc12)/C(=C\C)C(C)CC)c1cncc(F)c1. The van der Waals surface area contributed by atoms with Gasteiger partial charge in [-0.25, -0.2) is 9.82 Å². The molecule has 0 fully saturated rings. The number of para-hydroxylation sites is 1. The molecule has 6 heteroatoms. The van der Waals surface area contributed by atoms with Crippen molar-refractivity contribution in [1.29, 1.82) is 0 Å². The van der Waals surface area contributed by atoms with Gasteiger partial charge in [0.15, 0.2) is 0 Å². The number of hydrogen-bond acceptors (Lipinski definition) is 4. The molecule has 0 aliphatic carbocycles. The number of H-pyrrole nitrogens is 1. The van der Waals surface area contributed by atoms with Gasteiger partial charge in [0.1, 0.15) is 5.82 Å². The Kier molecular flexibility index (Phi) is 8.72. The number of aliphatic imine (C=N–C) groups is 1. The van der Waals surface area contributed by atoms with Crippen LogP contribution >= 0.6 is 0 Å². The average molecular weight is 446 g/mol. The first-order valence-electron chi connectivity index (χ1n) is 11.3. The van der Waals surface area contributed by atoms with Gasteiger partial charge in [-0.1, -0.05) is 50.8 Å². The first-order chi connectivity index (χ1) is 16.1. The number of halogens is 1. The largest absolute Gasteiger partial charge is 0.361 e. The second-order valence-corrected chi connectivity index (χ2v) is 7.83. The quantitative estimate of drug-likeness (QED) is 0.271. The fourth-order valence-electron chi connectivity index (χ4n) is 3.72. The average Bonchev–Trinajstić information content (AvgIpc) is 3.24. The molecule has 1 aromatic carbocycles. The molecule has 0 aliphatic heterocycles. The van der Waals surface area contributed by atoms with Crippen LogP contribution in [-0.4, -0.2) is 27.7 Å². The van der Waals surface area contributed by atoms with Gasteiger partial charge >= 0.3 is 0 Å². The van der Waals surface area contributed by atoms with E-state index in [9.17, 15) is 4.39 Å². The molecule has 2 heterocycles. The highest BCUT2D eigenvalue weighted by Crippen LogP contribution is 2.23. The van der Waals surface area contributed by atoms with Crippen LogP contribution in [0.5, 0.6) is 0 Å². The van der Waals surface area contributed by atoms with Gasteiger partial charge in [0.2, 0.25) is 0 Å². The van der Waals surface area contributed by atoms with Crippen LogP contribution in [-0.2, 0) is 6.42 Å². The maximum Gasteiger partial charge on any atom is 0.142 e. The van der Waals surface area contributed by atoms with Crippen molar-refractivity contribution in [2.75, 3.05) is 6.54 Å². The lowest BCUT2D eigenvalue weighted by Gasteiger charge is -2.29. The molecule has 0 saturated heterocycles. The zero-order chi connectivity index (χ0) is 23.6. The van der Waals surface area contributed by atoms with E-state index >= 15 is 0 Å². The van der Waals surface area contributed by atoms with Crippen molar-refractivity contribution in [2.24, 2.45) is 10.9 Å². The number of pyridine rings is 1. The Morgan fingerprint density at radius 1 is 1.33 bits per heavy atom. The van der Waals surface area contributed by atoms with Crippen molar-refractivity contribution < 1.29 is 4.39 Å². The number of aromatic nitrogens is 2. The Morgan fingerprint density at radius 3 is 2.88 bits per heavy atom. The standard InChI is InChI=1S/C27H32FN5/c1-5-13-30-26(22-15-23(28)18-29-16-22)19-33(27(7-3)20(4)6-2)32-14-12-21-17-31-25-11-9-8-10-24(21)25/h5,7-11,13,15-20,31-32H,1,6,12,14H2,2-4H3/b26-19-,27-7-,30-13-. The van der Waals surface area contributed by atoms with Crippen molar-refractivity contribution >= 4 is 22.8 Å². The number of allylic oxidation sites excluding steroid dienone is 3. The Labute approximate surface area is 195 Å². The van der Waals surface area contributed by atoms with E-state index in [1.165, 1.54) is 23.2 Å². The summed E-state index contributed by atoms with van der Waals surface area (Å²) in [6, 6.07) is 9.74. The molecular weight excluding hydrogens is 413 g/mol. The number of fused-ring (bicyclic) bond motifs is 1. The van der Waals surface area contributed by atoms with Gasteiger partial charge in [-0.05, 0) is 43.4 Å². The van der Waals surface area contributed by atoms with E-state index in [4.69, 9.17) is 0 Å². The molecule has 172 valence electrons. The number of benzene rings is 1. The number of nitrogens with one attached hydrogen (secondary N) is 2. The summed E-state index contributed by atoms with van der Waals surface area (Å²) in [7, 11) is 0. The maximum absolute atomic E-state index is 13.9. The zero-order valence-corrected chi connectivity index (χ0v) is 19.6. The van der Waals surface area contributed by atoms with Crippen molar-refractivity contribution in [3.63, 3.8) is 0 Å². The first-order valence-corrected chi connectivity index (χ1v) is 11.3. The number of aromatic amines is 1. The van der Waals surface area contributed by atoms with Crippen LogP contribution < -0.4 is 5.43 Å².